The average Bonchev–Trinajstić information content (AvgIpc) is 2.37. The second kappa shape index (κ2) is 6.34. The predicted octanol–water partition coefficient (Wildman–Crippen LogP) is 3.38. The molecule has 1 aromatic carbocycles. The van der Waals surface area contributed by atoms with Crippen LogP contribution in [0.1, 0.15) is 39.7 Å². The van der Waals surface area contributed by atoms with Gasteiger partial charge in [0, 0.05) is 7.05 Å². The fraction of sp³-hybridized carbons (Fsp3) is 0.500. The van der Waals surface area contributed by atoms with Gasteiger partial charge >= 0.3 is 12.1 Å². The fourth-order valence-corrected chi connectivity index (χ4v) is 2.29. The van der Waals surface area contributed by atoms with Gasteiger partial charge in [-0.2, -0.15) is 0 Å². The zero-order valence-electron chi connectivity index (χ0n) is 13.5. The number of likely N-dealkylation sites (N-methyl/N-ethyl adjacent to an activating group) is 1. The average molecular weight is 311 g/mol. The third-order valence-electron chi connectivity index (χ3n) is 3.41. The minimum atomic E-state index is -1.69. The summed E-state index contributed by atoms with van der Waals surface area (Å²) in [6.07, 6.45) is -0.706. The molecule has 1 atom stereocenters. The predicted molar refractivity (Wildman–Crippen MR) is 80.0 cm³/mol. The number of carbonyl (C=O) groups excluding carboxylic acids is 1. The molecule has 22 heavy (non-hydrogen) atoms. The Balaban J connectivity index is 3.34. The number of amides is 1. The standard InChI is InChI=1S/C16H22FNO4/c1-6-16(13(19)20,11-8-7-9-12(17)10-11)18(5)14(21)22-15(2,3)4/h7-10H,6H2,1-5H3,(H,19,20). The topological polar surface area (TPSA) is 66.8 Å². The van der Waals surface area contributed by atoms with Gasteiger partial charge < -0.3 is 9.84 Å². The van der Waals surface area contributed by atoms with Crippen LogP contribution in [0.2, 0.25) is 0 Å². The van der Waals surface area contributed by atoms with Gasteiger partial charge in [-0.05, 0) is 44.9 Å². The minimum absolute atomic E-state index is 0.0710. The Hall–Kier alpha value is -2.11. The summed E-state index contributed by atoms with van der Waals surface area (Å²) in [5.74, 6) is -1.80. The lowest BCUT2D eigenvalue weighted by Crippen LogP contribution is -2.53. The normalized spacial score (nSPS) is 14.1. The summed E-state index contributed by atoms with van der Waals surface area (Å²) in [5, 5.41) is 9.71. The Labute approximate surface area is 129 Å². The number of rotatable bonds is 4. The van der Waals surface area contributed by atoms with Crippen molar-refractivity contribution in [3.63, 3.8) is 0 Å². The molecule has 0 bridgehead atoms. The van der Waals surface area contributed by atoms with Gasteiger partial charge in [-0.1, -0.05) is 19.1 Å². The van der Waals surface area contributed by atoms with Crippen molar-refractivity contribution in [2.24, 2.45) is 0 Å². The van der Waals surface area contributed by atoms with Crippen LogP contribution in [0.5, 0.6) is 0 Å². The van der Waals surface area contributed by atoms with Gasteiger partial charge in [-0.3, -0.25) is 4.90 Å². The van der Waals surface area contributed by atoms with Gasteiger partial charge in [-0.15, -0.1) is 0 Å². The molecule has 0 heterocycles. The highest BCUT2D eigenvalue weighted by Crippen LogP contribution is 2.33. The third-order valence-corrected chi connectivity index (χ3v) is 3.41. The first-order chi connectivity index (χ1) is 10.0. The first-order valence-electron chi connectivity index (χ1n) is 7.01. The summed E-state index contributed by atoms with van der Waals surface area (Å²) in [6.45, 7) is 6.69. The molecule has 1 aromatic rings. The van der Waals surface area contributed by atoms with Crippen molar-refractivity contribution >= 4 is 12.1 Å². The van der Waals surface area contributed by atoms with Crippen LogP contribution in [0, 0.1) is 5.82 Å². The van der Waals surface area contributed by atoms with E-state index >= 15 is 0 Å². The van der Waals surface area contributed by atoms with E-state index in [0.717, 1.165) is 11.0 Å². The Morgan fingerprint density at radius 3 is 2.32 bits per heavy atom. The molecule has 0 aromatic heterocycles. The highest BCUT2D eigenvalue weighted by molar-refractivity contribution is 5.85. The smallest absolute Gasteiger partial charge is 0.411 e. The number of nitrogens with zero attached hydrogens (tertiary/aromatic N) is 1. The molecule has 1 amide bonds. The van der Waals surface area contributed by atoms with Crippen LogP contribution in [-0.2, 0) is 15.1 Å². The number of hydrogen-bond acceptors (Lipinski definition) is 3. The first kappa shape index (κ1) is 17.9. The van der Waals surface area contributed by atoms with E-state index in [1.54, 1.807) is 27.7 Å². The molecule has 1 N–H and O–H groups in total. The number of carboxylic acids is 1. The van der Waals surface area contributed by atoms with E-state index in [1.165, 1.54) is 25.2 Å². The van der Waals surface area contributed by atoms with Crippen molar-refractivity contribution in [2.75, 3.05) is 7.05 Å². The lowest BCUT2D eigenvalue weighted by Gasteiger charge is -2.38. The lowest BCUT2D eigenvalue weighted by molar-refractivity contribution is -0.151. The Bertz CT molecular complexity index is 568. The molecule has 1 rings (SSSR count). The maximum absolute atomic E-state index is 13.5. The van der Waals surface area contributed by atoms with E-state index in [1.807, 2.05) is 0 Å². The van der Waals surface area contributed by atoms with Crippen LogP contribution in [-0.4, -0.2) is 34.7 Å². The van der Waals surface area contributed by atoms with Gasteiger partial charge in [0.25, 0.3) is 0 Å². The monoisotopic (exact) mass is 311 g/mol. The van der Waals surface area contributed by atoms with Crippen molar-refractivity contribution in [3.05, 3.63) is 35.6 Å². The summed E-state index contributed by atoms with van der Waals surface area (Å²) in [5.41, 5.74) is -2.26. The molecular weight excluding hydrogens is 289 g/mol. The molecule has 6 heteroatoms. The molecule has 0 saturated heterocycles. The van der Waals surface area contributed by atoms with E-state index in [4.69, 9.17) is 4.74 Å². The van der Waals surface area contributed by atoms with Crippen molar-refractivity contribution in [2.45, 2.75) is 45.3 Å². The summed E-state index contributed by atoms with van der Waals surface area (Å²) in [7, 11) is 1.34. The van der Waals surface area contributed by atoms with Gasteiger partial charge in [0.15, 0.2) is 5.54 Å². The van der Waals surface area contributed by atoms with E-state index in [2.05, 4.69) is 0 Å². The van der Waals surface area contributed by atoms with Gasteiger partial charge in [0.2, 0.25) is 0 Å². The number of aliphatic carboxylic acids is 1. The number of halogens is 1. The molecule has 0 fully saturated rings. The number of hydrogen-bond donors (Lipinski definition) is 1. The Morgan fingerprint density at radius 2 is 1.91 bits per heavy atom. The maximum Gasteiger partial charge on any atom is 0.411 e. The van der Waals surface area contributed by atoms with Crippen molar-refractivity contribution in [1.82, 2.24) is 4.90 Å². The van der Waals surface area contributed by atoms with Crippen LogP contribution in [0.15, 0.2) is 24.3 Å². The SMILES string of the molecule is CCC(C(=O)O)(c1cccc(F)c1)N(C)C(=O)OC(C)(C)C. The van der Waals surface area contributed by atoms with E-state index in [0.29, 0.717) is 0 Å². The van der Waals surface area contributed by atoms with E-state index in [-0.39, 0.29) is 12.0 Å². The van der Waals surface area contributed by atoms with Crippen molar-refractivity contribution < 1.29 is 23.8 Å². The summed E-state index contributed by atoms with van der Waals surface area (Å²) in [4.78, 5) is 25.2. The number of ether oxygens (including phenoxy) is 1. The molecule has 0 radical (unpaired) electrons. The van der Waals surface area contributed by atoms with Gasteiger partial charge in [0.1, 0.15) is 11.4 Å². The lowest BCUT2D eigenvalue weighted by atomic mass is 9.86. The van der Waals surface area contributed by atoms with Crippen LogP contribution in [0.3, 0.4) is 0 Å². The second-order valence-corrected chi connectivity index (χ2v) is 6.07. The van der Waals surface area contributed by atoms with E-state index < -0.39 is 29.0 Å². The third kappa shape index (κ3) is 3.55. The van der Waals surface area contributed by atoms with Crippen LogP contribution >= 0.6 is 0 Å². The number of carbonyl (C=O) groups is 2. The first-order valence-corrected chi connectivity index (χ1v) is 7.01. The zero-order valence-corrected chi connectivity index (χ0v) is 13.5. The summed E-state index contributed by atoms with van der Waals surface area (Å²) < 4.78 is 18.7. The quantitative estimate of drug-likeness (QED) is 0.925. The Kier molecular flexibility index (Phi) is 5.17. The number of carboxylic acid groups (broad SMARTS) is 1. The molecule has 0 saturated carbocycles. The number of benzene rings is 1. The van der Waals surface area contributed by atoms with Crippen LogP contribution < -0.4 is 0 Å². The van der Waals surface area contributed by atoms with Gasteiger partial charge in [-0.25, -0.2) is 14.0 Å². The van der Waals surface area contributed by atoms with E-state index in [9.17, 15) is 19.1 Å². The summed E-state index contributed by atoms with van der Waals surface area (Å²) >= 11 is 0. The van der Waals surface area contributed by atoms with Crippen molar-refractivity contribution in [1.29, 1.82) is 0 Å². The van der Waals surface area contributed by atoms with Crippen molar-refractivity contribution in [3.8, 4) is 0 Å². The molecule has 0 aliphatic heterocycles. The molecule has 0 spiro atoms. The maximum atomic E-state index is 13.5. The molecule has 0 aliphatic carbocycles. The highest BCUT2D eigenvalue weighted by atomic mass is 19.1. The molecule has 1 unspecified atom stereocenters. The highest BCUT2D eigenvalue weighted by Gasteiger charge is 2.46. The largest absolute Gasteiger partial charge is 0.479 e. The summed E-state index contributed by atoms with van der Waals surface area (Å²) in [6, 6.07) is 5.25. The minimum Gasteiger partial charge on any atom is -0.479 e. The van der Waals surface area contributed by atoms with Crippen LogP contribution in [0.25, 0.3) is 0 Å². The fourth-order valence-electron chi connectivity index (χ4n) is 2.29. The molecular formula is C16H22FNO4. The Morgan fingerprint density at radius 1 is 1.32 bits per heavy atom. The van der Waals surface area contributed by atoms with Crippen LogP contribution in [0.4, 0.5) is 9.18 Å². The van der Waals surface area contributed by atoms with Gasteiger partial charge in [0.05, 0.1) is 0 Å². The zero-order chi connectivity index (χ0) is 17.1. The second-order valence-electron chi connectivity index (χ2n) is 6.07. The molecule has 122 valence electrons. The molecule has 5 nitrogen and oxygen atoms in total. The molecule has 0 aliphatic rings.